The van der Waals surface area contributed by atoms with Crippen molar-refractivity contribution >= 4 is 0 Å². The summed E-state index contributed by atoms with van der Waals surface area (Å²) in [6.45, 7) is 0. The van der Waals surface area contributed by atoms with Gasteiger partial charge < -0.3 is 0 Å². The Morgan fingerprint density at radius 3 is 1.89 bits per heavy atom. The quantitative estimate of drug-likeness (QED) is 0.456. The summed E-state index contributed by atoms with van der Waals surface area (Å²) in [5.74, 6) is 3.27. The second-order valence-electron chi connectivity index (χ2n) is 8.84. The van der Waals surface area contributed by atoms with Gasteiger partial charge in [-0.1, -0.05) is 56.7 Å². The predicted octanol–water partition coefficient (Wildman–Crippen LogP) is 7.55. The van der Waals surface area contributed by atoms with Crippen molar-refractivity contribution in [1.82, 2.24) is 0 Å². The van der Waals surface area contributed by atoms with E-state index < -0.39 is 0 Å². The molecular weight excluding hydrogens is 333 g/mol. The summed E-state index contributed by atoms with van der Waals surface area (Å²) >= 11 is 0. The molecule has 0 aromatic heterocycles. The Labute approximate surface area is 164 Å². The molecule has 0 unspecified atom stereocenters. The van der Waals surface area contributed by atoms with Crippen LogP contribution >= 0.6 is 0 Å². The van der Waals surface area contributed by atoms with Crippen LogP contribution in [0.2, 0.25) is 0 Å². The lowest BCUT2D eigenvalue weighted by atomic mass is 9.74. The molecule has 2 heteroatoms. The van der Waals surface area contributed by atoms with Crippen LogP contribution in [0.25, 0.3) is 0 Å². The fourth-order valence-corrected chi connectivity index (χ4v) is 5.27. The minimum atomic E-state index is -0.124. The fraction of sp³-hybridized carbons (Fsp3) is 0.640. The Kier molecular flexibility index (Phi) is 7.93. The highest BCUT2D eigenvalue weighted by molar-refractivity contribution is 5.20. The monoisotopic (exact) mass is 367 g/mol. The maximum Gasteiger partial charge on any atom is 0.123 e. The highest BCUT2D eigenvalue weighted by Crippen LogP contribution is 2.40. The van der Waals surface area contributed by atoms with Crippen LogP contribution in [0.4, 0.5) is 4.39 Å². The molecule has 3 rings (SSSR count). The smallest absolute Gasteiger partial charge is 0.123 e. The van der Waals surface area contributed by atoms with Crippen LogP contribution in [0.3, 0.4) is 0 Å². The summed E-state index contributed by atoms with van der Waals surface area (Å²) in [6.07, 6.45) is 19.7. The van der Waals surface area contributed by atoms with Crippen molar-refractivity contribution in [2.75, 3.05) is 0 Å². The van der Waals surface area contributed by atoms with Crippen LogP contribution in [0.15, 0.2) is 36.4 Å². The second-order valence-corrected chi connectivity index (χ2v) is 8.84. The first-order valence-corrected chi connectivity index (χ1v) is 11.0. The van der Waals surface area contributed by atoms with Crippen molar-refractivity contribution in [1.29, 1.82) is 5.26 Å². The third-order valence-corrected chi connectivity index (χ3v) is 7.07. The molecule has 1 aromatic carbocycles. The zero-order chi connectivity index (χ0) is 18.9. The van der Waals surface area contributed by atoms with Gasteiger partial charge in [-0.15, -0.1) is 0 Å². The number of nitriles is 1. The summed E-state index contributed by atoms with van der Waals surface area (Å²) < 4.78 is 13.1. The molecule has 0 N–H and O–H groups in total. The molecule has 0 heterocycles. The molecule has 1 aromatic rings. The van der Waals surface area contributed by atoms with Crippen LogP contribution < -0.4 is 0 Å². The highest BCUT2D eigenvalue weighted by atomic mass is 19.1. The molecule has 0 radical (unpaired) electrons. The van der Waals surface area contributed by atoms with E-state index >= 15 is 0 Å². The van der Waals surface area contributed by atoms with Gasteiger partial charge in [-0.25, -0.2) is 4.39 Å². The van der Waals surface area contributed by atoms with Gasteiger partial charge in [0, 0.05) is 6.08 Å². The zero-order valence-electron chi connectivity index (χ0n) is 16.6. The highest BCUT2D eigenvalue weighted by Gasteiger charge is 2.25. The molecular formula is C25H34FN. The normalized spacial score (nSPS) is 28.9. The summed E-state index contributed by atoms with van der Waals surface area (Å²) in [4.78, 5) is 0. The van der Waals surface area contributed by atoms with Gasteiger partial charge in [0.25, 0.3) is 0 Å². The number of allylic oxidation sites excluding steroid dienone is 2. The molecule has 146 valence electrons. The minimum Gasteiger partial charge on any atom is -0.207 e. The summed E-state index contributed by atoms with van der Waals surface area (Å²) in [7, 11) is 0. The van der Waals surface area contributed by atoms with Crippen molar-refractivity contribution in [2.24, 2.45) is 17.8 Å². The lowest BCUT2D eigenvalue weighted by molar-refractivity contribution is 0.225. The van der Waals surface area contributed by atoms with Gasteiger partial charge >= 0.3 is 0 Å². The van der Waals surface area contributed by atoms with E-state index in [0.717, 1.165) is 24.2 Å². The first-order valence-electron chi connectivity index (χ1n) is 11.0. The third kappa shape index (κ3) is 6.49. The average molecular weight is 368 g/mol. The van der Waals surface area contributed by atoms with Gasteiger partial charge in [-0.2, -0.15) is 5.26 Å². The molecule has 0 atom stereocenters. The lowest BCUT2D eigenvalue weighted by Crippen LogP contribution is -2.17. The van der Waals surface area contributed by atoms with Gasteiger partial charge in [-0.05, 0) is 79.9 Å². The Hall–Kier alpha value is -1.62. The largest absolute Gasteiger partial charge is 0.207 e. The van der Waals surface area contributed by atoms with Crippen LogP contribution in [0.1, 0.15) is 88.5 Å². The molecule has 1 nitrogen and oxygen atoms in total. The third-order valence-electron chi connectivity index (χ3n) is 7.07. The first kappa shape index (κ1) is 20.1. The van der Waals surface area contributed by atoms with E-state index in [1.165, 1.54) is 76.2 Å². The van der Waals surface area contributed by atoms with Crippen molar-refractivity contribution in [3.8, 4) is 6.07 Å². The number of rotatable bonds is 7. The van der Waals surface area contributed by atoms with Gasteiger partial charge in [0.1, 0.15) is 5.82 Å². The molecule has 2 aliphatic rings. The molecule has 0 spiro atoms. The second kappa shape index (κ2) is 10.6. The number of halogens is 1. The molecule has 0 bridgehead atoms. The van der Waals surface area contributed by atoms with Crippen LogP contribution in [0, 0.1) is 34.9 Å². The summed E-state index contributed by atoms with van der Waals surface area (Å²) in [6, 6.07) is 9.26. The molecule has 2 saturated carbocycles. The molecule has 2 fully saturated rings. The predicted molar refractivity (Wildman–Crippen MR) is 110 cm³/mol. The van der Waals surface area contributed by atoms with E-state index in [1.54, 1.807) is 18.2 Å². The average Bonchev–Trinajstić information content (AvgIpc) is 2.72. The lowest BCUT2D eigenvalue weighted by Gasteiger charge is -2.32. The number of hydrogen-bond donors (Lipinski definition) is 0. The van der Waals surface area contributed by atoms with Gasteiger partial charge in [0.05, 0.1) is 6.07 Å². The molecule has 0 saturated heterocycles. The van der Waals surface area contributed by atoms with Gasteiger partial charge in [-0.3, -0.25) is 0 Å². The van der Waals surface area contributed by atoms with Crippen molar-refractivity contribution < 1.29 is 4.39 Å². The summed E-state index contributed by atoms with van der Waals surface area (Å²) in [5, 5.41) is 8.54. The van der Waals surface area contributed by atoms with Crippen molar-refractivity contribution in [3.05, 3.63) is 47.8 Å². The molecule has 0 aliphatic heterocycles. The molecule has 2 aliphatic carbocycles. The SMILES string of the molecule is N#CC=CCCC1CCC(CCC2CCC(c3ccc(F)cc3)CC2)CC1. The maximum absolute atomic E-state index is 13.1. The Bertz CT molecular complexity index is 611. The number of hydrogen-bond acceptors (Lipinski definition) is 1. The Balaban J connectivity index is 1.30. The summed E-state index contributed by atoms with van der Waals surface area (Å²) in [5.41, 5.74) is 1.33. The van der Waals surface area contributed by atoms with E-state index in [1.807, 2.05) is 18.2 Å². The van der Waals surface area contributed by atoms with E-state index in [-0.39, 0.29) is 5.82 Å². The van der Waals surface area contributed by atoms with Gasteiger partial charge in [0.2, 0.25) is 0 Å². The topological polar surface area (TPSA) is 23.8 Å². The molecule has 0 amide bonds. The van der Waals surface area contributed by atoms with E-state index in [2.05, 4.69) is 6.07 Å². The first-order chi connectivity index (χ1) is 13.2. The van der Waals surface area contributed by atoms with E-state index in [9.17, 15) is 4.39 Å². The minimum absolute atomic E-state index is 0.124. The van der Waals surface area contributed by atoms with Crippen molar-refractivity contribution in [2.45, 2.75) is 83.0 Å². The van der Waals surface area contributed by atoms with Gasteiger partial charge in [0.15, 0.2) is 0 Å². The molecule has 27 heavy (non-hydrogen) atoms. The number of benzene rings is 1. The Morgan fingerprint density at radius 1 is 0.815 bits per heavy atom. The van der Waals surface area contributed by atoms with Crippen LogP contribution in [0.5, 0.6) is 0 Å². The zero-order valence-corrected chi connectivity index (χ0v) is 16.6. The maximum atomic E-state index is 13.1. The van der Waals surface area contributed by atoms with E-state index in [0.29, 0.717) is 5.92 Å². The fourth-order valence-electron chi connectivity index (χ4n) is 5.27. The standard InChI is InChI=1S/C25H34FN/c26-25-17-15-24(16-18-25)23-13-11-22(12-14-23)10-9-21-7-5-20(6-8-21)4-2-1-3-19-27/h1,3,15-18,20-23H,2,4-14H2. The Morgan fingerprint density at radius 2 is 1.33 bits per heavy atom. The van der Waals surface area contributed by atoms with Crippen LogP contribution in [-0.2, 0) is 0 Å². The van der Waals surface area contributed by atoms with E-state index in [4.69, 9.17) is 5.26 Å². The van der Waals surface area contributed by atoms with Crippen molar-refractivity contribution in [3.63, 3.8) is 0 Å². The number of nitrogens with zero attached hydrogens (tertiary/aromatic N) is 1. The van der Waals surface area contributed by atoms with Crippen LogP contribution in [-0.4, -0.2) is 0 Å².